The molecule has 1 saturated carbocycles. The summed E-state index contributed by atoms with van der Waals surface area (Å²) >= 11 is 0. The Labute approximate surface area is 259 Å². The molecule has 2 aromatic carbocycles. The predicted molar refractivity (Wildman–Crippen MR) is 169 cm³/mol. The number of primary amides is 1. The summed E-state index contributed by atoms with van der Waals surface area (Å²) in [4.78, 5) is 50.5. The normalized spacial score (nSPS) is 26.7. The fraction of sp³-hybridized carbons (Fsp3) is 0.486. The molecular formula is C35H45N3O6. The minimum Gasteiger partial charge on any atom is -0.481 e. The van der Waals surface area contributed by atoms with Crippen molar-refractivity contribution >= 4 is 29.6 Å². The molecule has 236 valence electrons. The van der Waals surface area contributed by atoms with Gasteiger partial charge in [-0.3, -0.25) is 14.4 Å². The Morgan fingerprint density at radius 1 is 0.955 bits per heavy atom. The van der Waals surface area contributed by atoms with Crippen LogP contribution in [0.4, 0.5) is 10.5 Å². The number of urea groups is 1. The van der Waals surface area contributed by atoms with E-state index in [0.717, 1.165) is 43.4 Å². The molecule has 2 aliphatic carbocycles. The lowest BCUT2D eigenvalue weighted by atomic mass is 9.58. The van der Waals surface area contributed by atoms with Gasteiger partial charge in [0, 0.05) is 30.6 Å². The van der Waals surface area contributed by atoms with Crippen molar-refractivity contribution in [3.05, 3.63) is 77.9 Å². The van der Waals surface area contributed by atoms with E-state index in [0.29, 0.717) is 25.9 Å². The summed E-state index contributed by atoms with van der Waals surface area (Å²) in [6.07, 6.45) is 9.22. The van der Waals surface area contributed by atoms with Gasteiger partial charge in [0.15, 0.2) is 0 Å². The molecule has 1 saturated heterocycles. The topological polar surface area (TPSA) is 150 Å². The molecule has 1 heterocycles. The molecule has 3 amide bonds. The van der Waals surface area contributed by atoms with Crippen LogP contribution < -0.4 is 11.1 Å². The molecule has 2 aromatic rings. The van der Waals surface area contributed by atoms with Crippen molar-refractivity contribution in [2.75, 3.05) is 18.4 Å². The quantitative estimate of drug-likeness (QED) is 0.283. The Morgan fingerprint density at radius 2 is 1.61 bits per heavy atom. The number of aryl methyl sites for hydroxylation is 1. The standard InChI is InChI=1S/C28H37NO5.C7H8N2O/c1-3-19-9-11-20(12-10-19)22-15-23(17-29(16-22)24(30)21-7-4-5-8-21)28(26(33)34)14-6-13-27(2,18-28)25(31)32;8-7(10)9-6-4-2-1-3-5-6/h6,9-13,21-23H,3-5,7-8,14-18H2,1-2H3,(H,31,32)(H,33,34);1-5H,(H3,8,9,10). The van der Waals surface area contributed by atoms with Crippen molar-refractivity contribution in [1.82, 2.24) is 4.90 Å². The summed E-state index contributed by atoms with van der Waals surface area (Å²) in [5, 5.41) is 22.8. The largest absolute Gasteiger partial charge is 0.481 e. The Bertz CT molecular complexity index is 1350. The van der Waals surface area contributed by atoms with Crippen LogP contribution in [0.1, 0.15) is 75.8 Å². The van der Waals surface area contributed by atoms with Gasteiger partial charge in [0.1, 0.15) is 0 Å². The van der Waals surface area contributed by atoms with Crippen molar-refractivity contribution in [2.45, 2.75) is 71.1 Å². The number of likely N-dealkylation sites (tertiary alicyclic amines) is 1. The van der Waals surface area contributed by atoms with Crippen molar-refractivity contribution in [3.63, 3.8) is 0 Å². The maximum atomic E-state index is 13.5. The zero-order chi connectivity index (χ0) is 31.9. The van der Waals surface area contributed by atoms with E-state index in [9.17, 15) is 29.4 Å². The Balaban J connectivity index is 0.000000375. The summed E-state index contributed by atoms with van der Waals surface area (Å²) in [6, 6.07) is 17.0. The van der Waals surface area contributed by atoms with Gasteiger partial charge in [-0.25, -0.2) is 4.79 Å². The number of hydrogen-bond donors (Lipinski definition) is 4. The minimum absolute atomic E-state index is 0.0261. The number of nitrogens with zero attached hydrogens (tertiary/aromatic N) is 1. The second kappa shape index (κ2) is 14.1. The molecular weight excluding hydrogens is 558 g/mol. The van der Waals surface area contributed by atoms with Crippen LogP contribution in [0.2, 0.25) is 0 Å². The van der Waals surface area contributed by atoms with E-state index in [2.05, 4.69) is 36.5 Å². The van der Waals surface area contributed by atoms with E-state index < -0.39 is 28.8 Å². The molecule has 2 fully saturated rings. The maximum absolute atomic E-state index is 13.5. The number of nitrogens with one attached hydrogen (secondary N) is 1. The summed E-state index contributed by atoms with van der Waals surface area (Å²) in [5.41, 5.74) is 5.52. The third kappa shape index (κ3) is 7.49. The highest BCUT2D eigenvalue weighted by molar-refractivity contribution is 5.87. The lowest BCUT2D eigenvalue weighted by Gasteiger charge is -2.49. The van der Waals surface area contributed by atoms with Crippen molar-refractivity contribution in [1.29, 1.82) is 0 Å². The van der Waals surface area contributed by atoms with Crippen molar-refractivity contribution < 1.29 is 29.4 Å². The number of benzene rings is 2. The third-order valence-electron chi connectivity index (χ3n) is 9.71. The maximum Gasteiger partial charge on any atom is 0.316 e. The number of para-hydroxylation sites is 1. The minimum atomic E-state index is -1.23. The predicted octanol–water partition coefficient (Wildman–Crippen LogP) is 6.06. The molecule has 4 atom stereocenters. The van der Waals surface area contributed by atoms with Crippen LogP contribution >= 0.6 is 0 Å². The lowest BCUT2D eigenvalue weighted by Crippen LogP contribution is -2.54. The average molecular weight is 604 g/mol. The first kappa shape index (κ1) is 32.8. The lowest BCUT2D eigenvalue weighted by molar-refractivity contribution is -0.163. The summed E-state index contributed by atoms with van der Waals surface area (Å²) in [7, 11) is 0. The van der Waals surface area contributed by atoms with Crippen molar-refractivity contribution in [3.8, 4) is 0 Å². The van der Waals surface area contributed by atoms with E-state index in [1.165, 1.54) is 5.56 Å². The zero-order valence-electron chi connectivity index (χ0n) is 25.7. The first-order valence-corrected chi connectivity index (χ1v) is 15.6. The average Bonchev–Trinajstić information content (AvgIpc) is 3.56. The number of carbonyl (C=O) groups excluding carboxylic acids is 2. The van der Waals surface area contributed by atoms with Gasteiger partial charge in [-0.05, 0) is 74.6 Å². The third-order valence-corrected chi connectivity index (χ3v) is 9.71. The highest BCUT2D eigenvalue weighted by Gasteiger charge is 2.55. The Morgan fingerprint density at radius 3 is 2.18 bits per heavy atom. The second-order valence-electron chi connectivity index (χ2n) is 12.8. The fourth-order valence-electron chi connectivity index (χ4n) is 7.15. The van der Waals surface area contributed by atoms with Crippen LogP contribution in [0.15, 0.2) is 66.7 Å². The molecule has 0 spiro atoms. The molecule has 9 heteroatoms. The number of carboxylic acid groups (broad SMARTS) is 2. The number of nitrogens with two attached hydrogens (primary N) is 1. The molecule has 3 aliphatic rings. The first-order valence-electron chi connectivity index (χ1n) is 15.6. The number of rotatable bonds is 7. The number of amides is 3. The van der Waals surface area contributed by atoms with Gasteiger partial charge in [0.05, 0.1) is 10.8 Å². The van der Waals surface area contributed by atoms with Gasteiger partial charge in [0.2, 0.25) is 5.91 Å². The number of anilines is 1. The number of carbonyl (C=O) groups is 4. The van der Waals surface area contributed by atoms with Crippen LogP contribution in [-0.4, -0.2) is 52.1 Å². The van der Waals surface area contributed by atoms with Gasteiger partial charge in [0.25, 0.3) is 0 Å². The van der Waals surface area contributed by atoms with Crippen LogP contribution in [0.3, 0.4) is 0 Å². The first-order chi connectivity index (χ1) is 21.0. The summed E-state index contributed by atoms with van der Waals surface area (Å²) in [6.45, 7) is 4.70. The van der Waals surface area contributed by atoms with E-state index in [1.807, 2.05) is 23.1 Å². The van der Waals surface area contributed by atoms with E-state index >= 15 is 0 Å². The van der Waals surface area contributed by atoms with Gasteiger partial charge in [-0.1, -0.05) is 74.4 Å². The highest BCUT2D eigenvalue weighted by atomic mass is 16.4. The second-order valence-corrected chi connectivity index (χ2v) is 12.8. The zero-order valence-corrected chi connectivity index (χ0v) is 25.7. The number of piperidine rings is 1. The van der Waals surface area contributed by atoms with Crippen LogP contribution in [0.5, 0.6) is 0 Å². The molecule has 0 aromatic heterocycles. The van der Waals surface area contributed by atoms with Gasteiger partial charge < -0.3 is 26.2 Å². The number of hydrogen-bond acceptors (Lipinski definition) is 4. The highest BCUT2D eigenvalue weighted by Crippen LogP contribution is 2.52. The van der Waals surface area contributed by atoms with Gasteiger partial charge in [-0.2, -0.15) is 0 Å². The molecule has 5 rings (SSSR count). The van der Waals surface area contributed by atoms with Gasteiger partial charge >= 0.3 is 18.0 Å². The van der Waals surface area contributed by atoms with Gasteiger partial charge in [-0.15, -0.1) is 0 Å². The Kier molecular flexibility index (Phi) is 10.5. The molecule has 9 nitrogen and oxygen atoms in total. The van der Waals surface area contributed by atoms with Crippen LogP contribution in [-0.2, 0) is 20.8 Å². The number of aliphatic carboxylic acids is 2. The van der Waals surface area contributed by atoms with Crippen LogP contribution in [0, 0.1) is 22.7 Å². The molecule has 0 bridgehead atoms. The molecule has 5 N–H and O–H groups in total. The SMILES string of the molecule is CCc1ccc(C2CC(C3(C(=O)O)CC=CC(C)(C(=O)O)C3)CN(C(=O)C3CCCC3)C2)cc1.NC(=O)Nc1ccccc1. The summed E-state index contributed by atoms with van der Waals surface area (Å²) < 4.78 is 0. The smallest absolute Gasteiger partial charge is 0.316 e. The monoisotopic (exact) mass is 603 g/mol. The molecule has 4 unspecified atom stereocenters. The summed E-state index contributed by atoms with van der Waals surface area (Å²) in [5.74, 6) is -2.07. The Hall–Kier alpha value is -4.14. The van der Waals surface area contributed by atoms with E-state index in [-0.39, 0.29) is 30.1 Å². The van der Waals surface area contributed by atoms with E-state index in [1.54, 1.807) is 31.2 Å². The van der Waals surface area contributed by atoms with Crippen LogP contribution in [0.25, 0.3) is 0 Å². The van der Waals surface area contributed by atoms with Crippen molar-refractivity contribution in [2.24, 2.45) is 28.4 Å². The fourth-order valence-corrected chi connectivity index (χ4v) is 7.15. The number of allylic oxidation sites excluding steroid dienone is 1. The molecule has 44 heavy (non-hydrogen) atoms. The van der Waals surface area contributed by atoms with E-state index in [4.69, 9.17) is 5.73 Å². The molecule has 0 radical (unpaired) electrons. The molecule has 1 aliphatic heterocycles. The number of carboxylic acids is 2.